The Balaban J connectivity index is 1.16. The van der Waals surface area contributed by atoms with Crippen LogP contribution in [0.3, 0.4) is 0 Å². The zero-order valence-corrected chi connectivity index (χ0v) is 30.6. The van der Waals surface area contributed by atoms with Crippen molar-refractivity contribution in [3.05, 3.63) is 112 Å². The van der Waals surface area contributed by atoms with Crippen LogP contribution in [0.25, 0.3) is 0 Å². The molecule has 3 aliphatic rings. The van der Waals surface area contributed by atoms with Crippen molar-refractivity contribution in [1.29, 1.82) is 0 Å². The molecule has 3 heterocycles. The standard InChI is InChI=1S/C43H50N4O7/c1-2-7-32(48)21-34(50)22-33(49)14-12-28-20-41(40(53)23-39(28)52)54-42-11-6-10-38(51)35-15-13-29(43(44)45-17-16-27-8-4-3-5-9-27)18-30(35)19-31-24-46-37-26-47(42)25-36(31)37/h3-5,8-9,13,15,18,20,23-24,26,32,34,38,42-43,45,48,50-53H,2,7,11-12,14,16-17,19,21-22,25,44H2,1H3/t32-,34+,38-,42+,43+/m0/s1. The molecule has 0 fully saturated rings. The highest BCUT2D eigenvalue weighted by Crippen LogP contribution is 2.38. The Morgan fingerprint density at radius 2 is 1.89 bits per heavy atom. The summed E-state index contributed by atoms with van der Waals surface area (Å²) >= 11 is 0. The van der Waals surface area contributed by atoms with Crippen LogP contribution < -0.4 is 15.8 Å². The number of aromatic hydroxyl groups is 2. The van der Waals surface area contributed by atoms with Crippen LogP contribution in [-0.4, -0.2) is 74.0 Å². The number of aliphatic hydroxyl groups excluding tert-OH is 3. The van der Waals surface area contributed by atoms with Crippen molar-refractivity contribution in [3.8, 4) is 29.1 Å². The van der Waals surface area contributed by atoms with Crippen LogP contribution in [0.4, 0.5) is 0 Å². The Morgan fingerprint density at radius 3 is 2.69 bits per heavy atom. The SMILES string of the molecule is CCC[C@H](O)C[C@@H](O)CC(=O)CCc1cc(O[C@@H]2CC#C[C@H](O)c3ccc([C@H](N)NCCc4ccccc4)cc3CC3=C4CN2C=C4N=C3)c(O)cc1O. The smallest absolute Gasteiger partial charge is 0.183 e. The first-order valence-corrected chi connectivity index (χ1v) is 18.7. The summed E-state index contributed by atoms with van der Waals surface area (Å²) in [6.45, 7) is 3.15. The predicted molar refractivity (Wildman–Crippen MR) is 207 cm³/mol. The molecule has 0 unspecified atom stereocenters. The number of carbonyl (C=O) groups excluding carboxylic acids is 1. The highest BCUT2D eigenvalue weighted by atomic mass is 16.5. The van der Waals surface area contributed by atoms with Crippen molar-refractivity contribution < 1.29 is 35.1 Å². The monoisotopic (exact) mass is 734 g/mol. The number of hydrogen-bond acceptors (Lipinski definition) is 11. The van der Waals surface area contributed by atoms with Gasteiger partial charge < -0.3 is 40.9 Å². The third-order valence-electron chi connectivity index (χ3n) is 10.1. The maximum atomic E-state index is 12.6. The van der Waals surface area contributed by atoms with E-state index in [0.29, 0.717) is 37.1 Å². The number of ketones is 1. The van der Waals surface area contributed by atoms with Gasteiger partial charge in [-0.15, -0.1) is 0 Å². The lowest BCUT2D eigenvalue weighted by molar-refractivity contribution is -0.121. The van der Waals surface area contributed by atoms with Crippen LogP contribution in [0.2, 0.25) is 0 Å². The van der Waals surface area contributed by atoms with Gasteiger partial charge in [0.05, 0.1) is 30.5 Å². The van der Waals surface area contributed by atoms with Crippen LogP contribution in [-0.2, 0) is 24.1 Å². The van der Waals surface area contributed by atoms with Crippen LogP contribution >= 0.6 is 0 Å². The maximum Gasteiger partial charge on any atom is 0.183 e. The summed E-state index contributed by atoms with van der Waals surface area (Å²) in [5, 5.41) is 56.3. The first-order chi connectivity index (χ1) is 26.1. The minimum absolute atomic E-state index is 0.0539. The molecular weight excluding hydrogens is 684 g/mol. The highest BCUT2D eigenvalue weighted by molar-refractivity contribution is 5.87. The Labute approximate surface area is 316 Å². The minimum Gasteiger partial charge on any atom is -0.508 e. The lowest BCUT2D eigenvalue weighted by Crippen LogP contribution is -2.35. The number of ether oxygens (including phenoxy) is 1. The fraction of sp³-hybridized carbons (Fsp3) is 0.395. The van der Waals surface area contributed by atoms with Crippen molar-refractivity contribution in [2.45, 2.75) is 95.4 Å². The number of hydrogen-bond donors (Lipinski definition) is 7. The van der Waals surface area contributed by atoms with Gasteiger partial charge in [0.2, 0.25) is 0 Å². The zero-order chi connectivity index (χ0) is 38.2. The van der Waals surface area contributed by atoms with E-state index in [0.717, 1.165) is 40.8 Å². The van der Waals surface area contributed by atoms with Crippen molar-refractivity contribution in [1.82, 2.24) is 10.2 Å². The van der Waals surface area contributed by atoms with Gasteiger partial charge in [0.1, 0.15) is 17.6 Å². The van der Waals surface area contributed by atoms with E-state index in [4.69, 9.17) is 10.5 Å². The number of allylic oxidation sites excluding steroid dienone is 1. The molecule has 6 rings (SSSR count). The van der Waals surface area contributed by atoms with Gasteiger partial charge in [0.25, 0.3) is 0 Å². The summed E-state index contributed by atoms with van der Waals surface area (Å²) in [7, 11) is 0. The van der Waals surface area contributed by atoms with E-state index in [1.54, 1.807) is 0 Å². The van der Waals surface area contributed by atoms with Gasteiger partial charge in [0, 0.05) is 50.0 Å². The molecule has 8 N–H and O–H groups in total. The summed E-state index contributed by atoms with van der Waals surface area (Å²) in [6.07, 6.45) is 3.17. The molecule has 3 aromatic rings. The van der Waals surface area contributed by atoms with Crippen LogP contribution in [0.1, 0.15) is 85.5 Å². The summed E-state index contributed by atoms with van der Waals surface area (Å²) in [5.41, 5.74) is 13.6. The van der Waals surface area contributed by atoms with E-state index in [-0.39, 0.29) is 55.1 Å². The molecule has 2 bridgehead atoms. The number of aliphatic hydroxyl groups is 3. The van der Waals surface area contributed by atoms with Gasteiger partial charge in [-0.25, -0.2) is 0 Å². The summed E-state index contributed by atoms with van der Waals surface area (Å²) in [4.78, 5) is 19.3. The topological polar surface area (TPSA) is 181 Å². The predicted octanol–water partition coefficient (Wildman–Crippen LogP) is 4.62. The first-order valence-electron chi connectivity index (χ1n) is 18.7. The normalized spacial score (nSPS) is 19.2. The van der Waals surface area contributed by atoms with E-state index < -0.39 is 30.7 Å². The number of nitrogens with one attached hydrogen (secondary N) is 1. The molecule has 54 heavy (non-hydrogen) atoms. The summed E-state index contributed by atoms with van der Waals surface area (Å²) in [5.74, 6) is 5.53. The van der Waals surface area contributed by atoms with E-state index >= 15 is 0 Å². The molecular formula is C43H50N4O7. The minimum atomic E-state index is -1.07. The molecule has 0 saturated carbocycles. The van der Waals surface area contributed by atoms with Crippen LogP contribution in [0.5, 0.6) is 17.2 Å². The molecule has 11 nitrogen and oxygen atoms in total. The van der Waals surface area contributed by atoms with Crippen molar-refractivity contribution in [2.75, 3.05) is 13.1 Å². The number of Topliss-reactive ketones (excluding diaryl/α,β-unsaturated/α-hetero) is 1. The maximum absolute atomic E-state index is 12.6. The average Bonchev–Trinajstić information content (AvgIpc) is 3.73. The molecule has 0 aliphatic carbocycles. The second-order valence-corrected chi connectivity index (χ2v) is 14.3. The molecule has 0 spiro atoms. The number of aryl methyl sites for hydroxylation is 1. The summed E-state index contributed by atoms with van der Waals surface area (Å²) < 4.78 is 6.36. The van der Waals surface area contributed by atoms with Gasteiger partial charge in [-0.2, -0.15) is 0 Å². The van der Waals surface area contributed by atoms with E-state index in [1.165, 1.54) is 17.7 Å². The summed E-state index contributed by atoms with van der Waals surface area (Å²) in [6, 6.07) is 18.8. The Morgan fingerprint density at radius 1 is 1.07 bits per heavy atom. The number of nitrogens with zero attached hydrogens (tertiary/aromatic N) is 2. The average molecular weight is 735 g/mol. The highest BCUT2D eigenvalue weighted by Gasteiger charge is 2.31. The number of phenolic OH excluding ortho intramolecular Hbond substituents is 2. The van der Waals surface area contributed by atoms with E-state index in [2.05, 4.69) is 34.3 Å². The number of fused-ring (bicyclic) bond motifs is 2. The first kappa shape index (κ1) is 38.8. The zero-order valence-electron chi connectivity index (χ0n) is 30.6. The van der Waals surface area contributed by atoms with Crippen molar-refractivity contribution in [3.63, 3.8) is 0 Å². The second-order valence-electron chi connectivity index (χ2n) is 14.3. The number of nitrogens with two attached hydrogens (primary N) is 1. The van der Waals surface area contributed by atoms with Crippen LogP contribution in [0, 0.1) is 11.8 Å². The molecule has 3 aromatic carbocycles. The number of rotatable bonds is 16. The molecule has 0 radical (unpaired) electrons. The number of benzene rings is 3. The van der Waals surface area contributed by atoms with Gasteiger partial charge >= 0.3 is 0 Å². The van der Waals surface area contributed by atoms with Gasteiger partial charge in [0.15, 0.2) is 17.7 Å². The molecule has 284 valence electrons. The second kappa shape index (κ2) is 17.9. The largest absolute Gasteiger partial charge is 0.508 e. The number of carbonyl (C=O) groups is 1. The van der Waals surface area contributed by atoms with E-state index in [1.807, 2.05) is 60.6 Å². The Bertz CT molecular complexity index is 1970. The van der Waals surface area contributed by atoms with Crippen LogP contribution in [0.15, 0.2) is 88.7 Å². The third-order valence-corrected chi connectivity index (χ3v) is 10.1. The molecule has 5 atom stereocenters. The van der Waals surface area contributed by atoms with Crippen molar-refractivity contribution >= 4 is 12.0 Å². The number of phenols is 2. The quantitative estimate of drug-likeness (QED) is 0.0811. The Hall–Kier alpha value is -4.96. The molecule has 11 heteroatoms. The fourth-order valence-electron chi connectivity index (χ4n) is 7.14. The van der Waals surface area contributed by atoms with E-state index in [9.17, 15) is 30.3 Å². The lowest BCUT2D eigenvalue weighted by Gasteiger charge is -2.28. The lowest BCUT2D eigenvalue weighted by atomic mass is 9.92. The van der Waals surface area contributed by atoms with Gasteiger partial charge in [-0.3, -0.25) is 15.1 Å². The molecule has 0 aromatic heterocycles. The van der Waals surface area contributed by atoms with Gasteiger partial charge in [-0.1, -0.05) is 73.7 Å². The third kappa shape index (κ3) is 9.77. The Kier molecular flexibility index (Phi) is 12.9. The molecule has 0 amide bonds. The molecule has 0 saturated heterocycles. The number of aliphatic imine (C=N–C) groups is 1. The molecule has 3 aliphatic heterocycles. The van der Waals surface area contributed by atoms with Crippen molar-refractivity contribution in [2.24, 2.45) is 10.7 Å². The fourth-order valence-corrected chi connectivity index (χ4v) is 7.14. The van der Waals surface area contributed by atoms with Gasteiger partial charge in [-0.05, 0) is 71.6 Å².